The Morgan fingerprint density at radius 2 is 1.71 bits per heavy atom. The molecule has 446 valence electrons. The number of methoxy groups -OCH3 is 1. The number of ketones is 2. The average molecular weight is 1180 g/mol. The molecule has 9 atom stereocenters. The van der Waals surface area contributed by atoms with Gasteiger partial charge in [-0.15, -0.1) is 0 Å². The molecule has 23 heteroatoms. The van der Waals surface area contributed by atoms with E-state index < -0.39 is 108 Å². The van der Waals surface area contributed by atoms with Crippen LogP contribution in [0.2, 0.25) is 10.0 Å². The summed E-state index contributed by atoms with van der Waals surface area (Å²) in [5.41, 5.74) is 4.60. The molecule has 82 heavy (non-hydrogen) atoms. The summed E-state index contributed by atoms with van der Waals surface area (Å²) >= 11 is 13.5. The highest BCUT2D eigenvalue weighted by Crippen LogP contribution is 2.50. The van der Waals surface area contributed by atoms with E-state index >= 15 is 4.39 Å². The Kier molecular flexibility index (Phi) is 22.2. The van der Waals surface area contributed by atoms with E-state index in [2.05, 4.69) is 16.0 Å². The summed E-state index contributed by atoms with van der Waals surface area (Å²) in [4.78, 5) is 120. The zero-order valence-corrected chi connectivity index (χ0v) is 49.1. The summed E-state index contributed by atoms with van der Waals surface area (Å²) in [5.74, 6) is -6.10. The molecule has 0 aromatic heterocycles. The van der Waals surface area contributed by atoms with Crippen LogP contribution in [-0.4, -0.2) is 132 Å². The van der Waals surface area contributed by atoms with Crippen molar-refractivity contribution >= 4 is 87.9 Å². The number of esters is 1. The Hall–Kier alpha value is -6.52. The summed E-state index contributed by atoms with van der Waals surface area (Å²) in [6.07, 6.45) is 3.41. The van der Waals surface area contributed by atoms with Crippen LogP contribution in [-0.2, 0) is 65.4 Å². The number of unbranched alkanes of at least 4 members (excludes halogenated alkanes) is 2. The number of hydrogen-bond acceptors (Lipinski definition) is 14. The van der Waals surface area contributed by atoms with Gasteiger partial charge in [0, 0.05) is 76.9 Å². The molecule has 2 fully saturated rings. The molecule has 0 unspecified atom stereocenters. The largest absolute Gasteiger partial charge is 0.462 e. The van der Waals surface area contributed by atoms with Crippen molar-refractivity contribution in [1.29, 1.82) is 0 Å². The topological polar surface area (TPSA) is 283 Å². The fourth-order valence-electron chi connectivity index (χ4n) is 10.8. The fourth-order valence-corrected chi connectivity index (χ4v) is 11.3. The van der Waals surface area contributed by atoms with Gasteiger partial charge in [-0.25, -0.2) is 14.0 Å². The number of Topliss-reactive ketones (excluding diaryl/α,β-unsaturated/α-hetero) is 2. The van der Waals surface area contributed by atoms with Crippen molar-refractivity contribution in [3.05, 3.63) is 92.8 Å². The molecule has 20 nitrogen and oxygen atoms in total. The first-order chi connectivity index (χ1) is 38.6. The van der Waals surface area contributed by atoms with Gasteiger partial charge in [0.2, 0.25) is 11.8 Å². The number of primary amides is 1. The normalized spacial score (nSPS) is 25.6. The van der Waals surface area contributed by atoms with Gasteiger partial charge in [0.05, 0.1) is 46.4 Å². The second-order valence-electron chi connectivity index (χ2n) is 22.4. The number of allylic oxidation sites excluding steroid dienone is 3. The quantitative estimate of drug-likeness (QED) is 0.0351. The van der Waals surface area contributed by atoms with Gasteiger partial charge in [0.25, 0.3) is 11.8 Å². The maximum absolute atomic E-state index is 16.2. The fraction of sp³-hybridized carbons (Fsp3) is 0.542. The van der Waals surface area contributed by atoms with Crippen LogP contribution in [0.4, 0.5) is 25.4 Å². The number of carbonyl (C=O) groups excluding carboxylic acids is 9. The number of urea groups is 1. The first kappa shape index (κ1) is 64.6. The molecule has 4 heterocycles. The third-order valence-corrected chi connectivity index (χ3v) is 16.5. The second kappa shape index (κ2) is 28.2. The number of hydrogen-bond donors (Lipinski definition) is 5. The number of aliphatic hydroxyl groups is 1. The van der Waals surface area contributed by atoms with Crippen molar-refractivity contribution in [3.8, 4) is 0 Å². The van der Waals surface area contributed by atoms with Crippen molar-refractivity contribution in [2.45, 2.75) is 160 Å². The van der Waals surface area contributed by atoms with E-state index in [0.29, 0.717) is 42.0 Å². The number of carbonyl (C=O) groups is 9. The van der Waals surface area contributed by atoms with Crippen LogP contribution in [0.3, 0.4) is 0 Å². The van der Waals surface area contributed by atoms with Crippen LogP contribution in [0.25, 0.3) is 0 Å². The van der Waals surface area contributed by atoms with Crippen LogP contribution >= 0.6 is 23.2 Å². The van der Waals surface area contributed by atoms with Crippen LogP contribution in [0.1, 0.15) is 116 Å². The van der Waals surface area contributed by atoms with Crippen LogP contribution in [0.5, 0.6) is 0 Å². The summed E-state index contributed by atoms with van der Waals surface area (Å²) in [6, 6.07) is 3.72. The minimum atomic E-state index is -1.67. The van der Waals surface area contributed by atoms with Gasteiger partial charge in [-0.3, -0.25) is 43.8 Å². The molecule has 0 saturated carbocycles. The summed E-state index contributed by atoms with van der Waals surface area (Å²) in [6.45, 7) is 10.9. The number of halogens is 3. The van der Waals surface area contributed by atoms with Gasteiger partial charge < -0.3 is 45.3 Å². The predicted molar refractivity (Wildman–Crippen MR) is 303 cm³/mol. The van der Waals surface area contributed by atoms with E-state index in [1.807, 2.05) is 26.0 Å². The highest BCUT2D eigenvalue weighted by atomic mass is 35.5. The zero-order valence-electron chi connectivity index (χ0n) is 47.6. The van der Waals surface area contributed by atoms with Crippen LogP contribution < -0.4 is 26.6 Å². The molecule has 6 N–H and O–H groups in total. The Bertz CT molecular complexity index is 2880. The van der Waals surface area contributed by atoms with E-state index in [-0.39, 0.29) is 91.4 Å². The minimum absolute atomic E-state index is 0.0000236. The molecule has 4 aliphatic heterocycles. The maximum atomic E-state index is 16.2. The lowest BCUT2D eigenvalue weighted by Gasteiger charge is -2.41. The van der Waals surface area contributed by atoms with E-state index in [9.17, 15) is 48.3 Å². The number of fused-ring (bicyclic) bond motifs is 5. The first-order valence-electron chi connectivity index (χ1n) is 27.5. The van der Waals surface area contributed by atoms with E-state index in [0.717, 1.165) is 28.2 Å². The molecular formula is C59H75Cl2FN6O14. The van der Waals surface area contributed by atoms with Gasteiger partial charge in [-0.1, -0.05) is 80.3 Å². The molecule has 4 aliphatic rings. The Labute approximate surface area is 487 Å². The number of nitrogens with one attached hydrogen (secondary N) is 3. The van der Waals surface area contributed by atoms with E-state index in [1.165, 1.54) is 31.2 Å². The number of rotatable bonds is 21. The van der Waals surface area contributed by atoms with Gasteiger partial charge in [0.15, 0.2) is 5.78 Å². The molecule has 2 aromatic carbocycles. The molecule has 6 rings (SSSR count). The molecule has 0 radical (unpaired) electrons. The maximum Gasteiger partial charge on any atom is 0.412 e. The smallest absolute Gasteiger partial charge is 0.412 e. The Morgan fingerprint density at radius 1 is 1.00 bits per heavy atom. The molecule has 2 saturated heterocycles. The summed E-state index contributed by atoms with van der Waals surface area (Å²) < 4.78 is 40.0. The van der Waals surface area contributed by atoms with Crippen molar-refractivity contribution in [2.75, 3.05) is 37.5 Å². The number of anilines is 2. The SMILES string of the molecule is CO[C@@H]1/C=C/C=C(\C)Cc2cc(C)c(Cl)c(c2)N(C)C(=O)C[C@H](OC(=O)Nc2cc(F)c(CC(=O)[C@H](CCCNC(N)=O)NC(=O)[C@@H](CC(=O)CCCCCN3C(=O)C=CC3=O)C(C)C)cc2Cl)[C@]2(C)O[C@H]2[C@H](C)[C@@H]2C[C@@]1(O)CC(=O)O2. The predicted octanol–water partition coefficient (Wildman–Crippen LogP) is 7.48. The third-order valence-electron chi connectivity index (χ3n) is 15.7. The second-order valence-corrected chi connectivity index (χ2v) is 23.2. The Morgan fingerprint density at radius 3 is 2.38 bits per heavy atom. The highest BCUT2D eigenvalue weighted by Gasteiger charge is 2.64. The molecular weight excluding hydrogens is 1110 g/mol. The van der Waals surface area contributed by atoms with Crippen LogP contribution in [0.15, 0.2) is 60.2 Å². The number of benzene rings is 2. The molecule has 0 spiro atoms. The van der Waals surface area contributed by atoms with Gasteiger partial charge in [-0.05, 0) is 93.7 Å². The molecule has 0 aliphatic carbocycles. The lowest BCUT2D eigenvalue weighted by molar-refractivity contribution is -0.187. The van der Waals surface area contributed by atoms with Gasteiger partial charge in [0.1, 0.15) is 41.1 Å². The average Bonchev–Trinajstić information content (AvgIpc) is 2.07. The summed E-state index contributed by atoms with van der Waals surface area (Å²) in [5, 5.41) is 19.7. The van der Waals surface area contributed by atoms with Gasteiger partial charge in [-0.2, -0.15) is 0 Å². The molecule has 4 bridgehead atoms. The van der Waals surface area contributed by atoms with Crippen molar-refractivity contribution < 1.29 is 71.6 Å². The zero-order chi connectivity index (χ0) is 60.4. The van der Waals surface area contributed by atoms with E-state index in [1.54, 1.807) is 45.9 Å². The molecule has 2 aromatic rings. The number of amides is 7. The van der Waals surface area contributed by atoms with Crippen molar-refractivity contribution in [1.82, 2.24) is 15.5 Å². The lowest BCUT2D eigenvalue weighted by atomic mass is 9.78. The molecule has 7 amide bonds. The minimum Gasteiger partial charge on any atom is -0.462 e. The first-order valence-corrected chi connectivity index (χ1v) is 28.3. The number of imide groups is 1. The van der Waals surface area contributed by atoms with Crippen LogP contribution in [0, 0.1) is 30.5 Å². The Balaban J connectivity index is 1.17. The monoisotopic (exact) mass is 1180 g/mol. The number of nitrogens with two attached hydrogens (primary N) is 1. The standard InChI is InChI=1S/C59H75Cl2FN6O14/c1-32(2)39(27-38(69)15-10-9-11-21-68-49(71)18-19-50(68)72)55(75)65-42(16-13-20-64-56(63)76)45(70)26-37-25-40(60)43(28-41(37)62)66-57(77)81-48-29-51(73)67(7)44-24-36(23-34(4)53(44)61)22-33(3)14-12-17-47(79-8)59(78)30-46(80-52(74)31-59)35(5)54-58(48,6)82-54/h12,14,17-19,23-25,28,32,35,39,42,46-48,54,78H,9-11,13,15-16,20-22,26-27,29-31H2,1-8H3,(H,65,75)(H,66,77)(H3,63,64,76)/b17-12+,33-14+/t35-,39+,42+,46+,47-,48+,54+,58+,59-/m1/s1. The van der Waals surface area contributed by atoms with Crippen molar-refractivity contribution in [2.24, 2.45) is 23.5 Å². The third kappa shape index (κ3) is 16.6. The van der Waals surface area contributed by atoms with Crippen molar-refractivity contribution in [3.63, 3.8) is 0 Å². The number of ether oxygens (including phenoxy) is 4. The lowest BCUT2D eigenvalue weighted by Crippen LogP contribution is -2.53. The number of aryl methyl sites for hydroxylation is 1. The van der Waals surface area contributed by atoms with E-state index in [4.69, 9.17) is 47.9 Å². The highest BCUT2D eigenvalue weighted by molar-refractivity contribution is 6.34. The number of epoxide rings is 1. The van der Waals surface area contributed by atoms with Gasteiger partial charge >= 0.3 is 18.1 Å². The number of nitrogens with zero attached hydrogens (tertiary/aromatic N) is 2. The summed E-state index contributed by atoms with van der Waals surface area (Å²) in [7, 11) is 2.97.